The maximum Gasteiger partial charge on any atom is 0.264 e. The Labute approximate surface area is 269 Å². The SMILES string of the molecule is COc1ccc(S(=O)(=O)N(CC(=O)N(Cc2ccc(Cl)cc2Cl)[C@@H](C)C(=O)NC2CCCCC2)c2ccccc2OC)cc1. The van der Waals surface area contributed by atoms with Gasteiger partial charge in [0.05, 0.1) is 24.8 Å². The van der Waals surface area contributed by atoms with Gasteiger partial charge in [-0.2, -0.15) is 0 Å². The van der Waals surface area contributed by atoms with Crippen molar-refractivity contribution in [1.29, 1.82) is 0 Å². The fourth-order valence-electron chi connectivity index (χ4n) is 5.21. The Morgan fingerprint density at radius 3 is 2.27 bits per heavy atom. The van der Waals surface area contributed by atoms with Crippen LogP contribution in [0.4, 0.5) is 5.69 Å². The zero-order valence-electron chi connectivity index (χ0n) is 25.0. The van der Waals surface area contributed by atoms with Crippen LogP contribution in [-0.2, 0) is 26.2 Å². The number of ether oxygens (including phenoxy) is 2. The first-order chi connectivity index (χ1) is 21.0. The van der Waals surface area contributed by atoms with E-state index in [4.69, 9.17) is 32.7 Å². The van der Waals surface area contributed by atoms with E-state index in [1.807, 2.05) is 0 Å². The second kappa shape index (κ2) is 15.0. The monoisotopic (exact) mass is 661 g/mol. The predicted molar refractivity (Wildman–Crippen MR) is 172 cm³/mol. The molecule has 4 rings (SSSR count). The first-order valence-corrected chi connectivity index (χ1v) is 16.6. The molecule has 1 saturated carbocycles. The summed E-state index contributed by atoms with van der Waals surface area (Å²) in [5.74, 6) is -0.192. The van der Waals surface area contributed by atoms with Gasteiger partial charge in [0.2, 0.25) is 11.8 Å². The minimum absolute atomic E-state index is 0.0234. The van der Waals surface area contributed by atoms with Gasteiger partial charge in [-0.15, -0.1) is 0 Å². The minimum Gasteiger partial charge on any atom is -0.497 e. The molecule has 3 aromatic rings. The lowest BCUT2D eigenvalue weighted by Crippen LogP contribution is -2.53. The summed E-state index contributed by atoms with van der Waals surface area (Å²) in [6, 6.07) is 16.4. The van der Waals surface area contributed by atoms with Gasteiger partial charge in [-0.05, 0) is 73.9 Å². The minimum atomic E-state index is -4.29. The van der Waals surface area contributed by atoms with E-state index in [1.165, 1.54) is 43.4 Å². The molecule has 2 amide bonds. The molecule has 1 N–H and O–H groups in total. The molecule has 0 radical (unpaired) electrons. The summed E-state index contributed by atoms with van der Waals surface area (Å²) in [7, 11) is -1.38. The molecule has 0 heterocycles. The maximum atomic E-state index is 14.2. The van der Waals surface area contributed by atoms with Crippen LogP contribution in [0.5, 0.6) is 11.5 Å². The van der Waals surface area contributed by atoms with Crippen LogP contribution in [0, 0.1) is 0 Å². The van der Waals surface area contributed by atoms with Crippen LogP contribution in [0.25, 0.3) is 0 Å². The largest absolute Gasteiger partial charge is 0.497 e. The summed E-state index contributed by atoms with van der Waals surface area (Å²) < 4.78 is 39.9. The van der Waals surface area contributed by atoms with Gasteiger partial charge in [0.1, 0.15) is 24.1 Å². The zero-order chi connectivity index (χ0) is 31.9. The molecule has 0 spiro atoms. The summed E-state index contributed by atoms with van der Waals surface area (Å²) in [5, 5.41) is 3.83. The normalized spacial score (nSPS) is 14.4. The van der Waals surface area contributed by atoms with Crippen molar-refractivity contribution in [2.45, 2.75) is 62.6 Å². The van der Waals surface area contributed by atoms with Crippen molar-refractivity contribution in [1.82, 2.24) is 10.2 Å². The number of sulfonamides is 1. The molecule has 1 aliphatic rings. The fourth-order valence-corrected chi connectivity index (χ4v) is 7.10. The highest BCUT2D eigenvalue weighted by atomic mass is 35.5. The van der Waals surface area contributed by atoms with Gasteiger partial charge in [0.15, 0.2) is 0 Å². The number of benzene rings is 3. The predicted octanol–water partition coefficient (Wildman–Crippen LogP) is 6.07. The third kappa shape index (κ3) is 7.97. The van der Waals surface area contributed by atoms with Crippen molar-refractivity contribution in [2.75, 3.05) is 25.1 Å². The average Bonchev–Trinajstić information content (AvgIpc) is 3.03. The third-order valence-electron chi connectivity index (χ3n) is 7.75. The molecule has 1 aliphatic carbocycles. The quantitative estimate of drug-likeness (QED) is 0.253. The van der Waals surface area contributed by atoms with Crippen LogP contribution >= 0.6 is 23.2 Å². The topological polar surface area (TPSA) is 105 Å². The second-order valence-corrected chi connectivity index (χ2v) is 13.3. The molecule has 0 aliphatic heterocycles. The molecule has 1 atom stereocenters. The molecule has 0 bridgehead atoms. The number of methoxy groups -OCH3 is 2. The number of hydrogen-bond acceptors (Lipinski definition) is 6. The summed E-state index contributed by atoms with van der Waals surface area (Å²) in [4.78, 5) is 29.0. The molecule has 236 valence electrons. The van der Waals surface area contributed by atoms with Crippen LogP contribution in [0.3, 0.4) is 0 Å². The number of carbonyl (C=O) groups is 2. The van der Waals surface area contributed by atoms with Crippen molar-refractivity contribution in [3.8, 4) is 11.5 Å². The molecule has 1 fully saturated rings. The number of hydrogen-bond donors (Lipinski definition) is 1. The Morgan fingerprint density at radius 2 is 1.64 bits per heavy atom. The Hall–Kier alpha value is -3.47. The molecule has 44 heavy (non-hydrogen) atoms. The van der Waals surface area contributed by atoms with E-state index in [-0.39, 0.29) is 34.8 Å². The first-order valence-electron chi connectivity index (χ1n) is 14.4. The van der Waals surface area contributed by atoms with Crippen molar-refractivity contribution in [3.05, 3.63) is 82.3 Å². The Balaban J connectivity index is 1.72. The maximum absolute atomic E-state index is 14.2. The van der Waals surface area contributed by atoms with Gasteiger partial charge < -0.3 is 19.7 Å². The Morgan fingerprint density at radius 1 is 0.955 bits per heavy atom. The lowest BCUT2D eigenvalue weighted by molar-refractivity contribution is -0.139. The summed E-state index contributed by atoms with van der Waals surface area (Å²) >= 11 is 12.6. The van der Waals surface area contributed by atoms with Crippen LogP contribution in [0.15, 0.2) is 71.6 Å². The fraction of sp³-hybridized carbons (Fsp3) is 0.375. The van der Waals surface area contributed by atoms with Crippen molar-refractivity contribution in [2.24, 2.45) is 0 Å². The smallest absolute Gasteiger partial charge is 0.264 e. The van der Waals surface area contributed by atoms with Crippen molar-refractivity contribution in [3.63, 3.8) is 0 Å². The van der Waals surface area contributed by atoms with E-state index < -0.39 is 28.5 Å². The third-order valence-corrected chi connectivity index (χ3v) is 10.1. The molecule has 0 aromatic heterocycles. The summed E-state index contributed by atoms with van der Waals surface area (Å²) in [6.07, 6.45) is 4.93. The first kappa shape index (κ1) is 33.4. The number of halogens is 2. The van der Waals surface area contributed by atoms with Crippen LogP contribution in [-0.4, -0.2) is 58.0 Å². The van der Waals surface area contributed by atoms with Crippen LogP contribution < -0.4 is 19.1 Å². The van der Waals surface area contributed by atoms with Gasteiger partial charge in [-0.25, -0.2) is 8.42 Å². The average molecular weight is 663 g/mol. The number of rotatable bonds is 12. The van der Waals surface area contributed by atoms with Gasteiger partial charge >= 0.3 is 0 Å². The molecule has 0 saturated heterocycles. The van der Waals surface area contributed by atoms with Crippen molar-refractivity contribution < 1.29 is 27.5 Å². The molecular formula is C32H37Cl2N3O6S. The highest BCUT2D eigenvalue weighted by Crippen LogP contribution is 2.33. The van der Waals surface area contributed by atoms with Crippen LogP contribution in [0.1, 0.15) is 44.6 Å². The number of amides is 2. The lowest BCUT2D eigenvalue weighted by atomic mass is 9.95. The molecular weight excluding hydrogens is 625 g/mol. The second-order valence-electron chi connectivity index (χ2n) is 10.6. The molecule has 3 aromatic carbocycles. The molecule has 12 heteroatoms. The number of nitrogens with zero attached hydrogens (tertiary/aromatic N) is 2. The molecule has 0 unspecified atom stereocenters. The van der Waals surface area contributed by atoms with Gasteiger partial charge in [0, 0.05) is 22.6 Å². The highest BCUT2D eigenvalue weighted by Gasteiger charge is 2.34. The van der Waals surface area contributed by atoms with E-state index in [1.54, 1.807) is 49.4 Å². The van der Waals surface area contributed by atoms with Crippen molar-refractivity contribution >= 4 is 50.7 Å². The molecule has 9 nitrogen and oxygen atoms in total. The summed E-state index contributed by atoms with van der Waals surface area (Å²) in [6.45, 7) is 0.975. The number of anilines is 1. The summed E-state index contributed by atoms with van der Waals surface area (Å²) in [5.41, 5.74) is 0.728. The number of nitrogens with one attached hydrogen (secondary N) is 1. The van der Waals surface area contributed by atoms with Crippen LogP contribution in [0.2, 0.25) is 10.0 Å². The van der Waals surface area contributed by atoms with Gasteiger partial charge in [-0.1, -0.05) is 60.7 Å². The Bertz CT molecular complexity index is 1560. The van der Waals surface area contributed by atoms with E-state index >= 15 is 0 Å². The lowest BCUT2D eigenvalue weighted by Gasteiger charge is -2.33. The standard InChI is InChI=1S/C32H37Cl2N3O6S/c1-22(32(39)35-25-9-5-4-6-10-25)36(20-23-13-14-24(33)19-28(23)34)31(38)21-37(29-11-7-8-12-30(29)43-3)44(40,41)27-17-15-26(42-2)16-18-27/h7-8,11-19,22,25H,4-6,9-10,20-21H2,1-3H3,(H,35,39)/t22-/m0/s1. The van der Waals surface area contributed by atoms with E-state index in [0.717, 1.165) is 36.4 Å². The number of carbonyl (C=O) groups excluding carboxylic acids is 2. The zero-order valence-corrected chi connectivity index (χ0v) is 27.3. The highest BCUT2D eigenvalue weighted by molar-refractivity contribution is 7.92. The van der Waals surface area contributed by atoms with E-state index in [2.05, 4.69) is 5.32 Å². The van der Waals surface area contributed by atoms with Gasteiger partial charge in [-0.3, -0.25) is 13.9 Å². The van der Waals surface area contributed by atoms with Gasteiger partial charge in [0.25, 0.3) is 10.0 Å². The van der Waals surface area contributed by atoms with E-state index in [0.29, 0.717) is 21.4 Å². The number of para-hydroxylation sites is 2. The Kier molecular flexibility index (Phi) is 11.4. The van der Waals surface area contributed by atoms with E-state index in [9.17, 15) is 18.0 Å².